The van der Waals surface area contributed by atoms with Crippen molar-refractivity contribution >= 4 is 34.8 Å². The summed E-state index contributed by atoms with van der Waals surface area (Å²) in [6.45, 7) is -0.268. The number of benzene rings is 1. The Morgan fingerprint density at radius 3 is 2.39 bits per heavy atom. The smallest absolute Gasteiger partial charge is 0.256 e. The van der Waals surface area contributed by atoms with Crippen LogP contribution in [0, 0.1) is 17.5 Å². The molecule has 0 radical (unpaired) electrons. The van der Waals surface area contributed by atoms with Crippen LogP contribution < -0.4 is 4.74 Å². The van der Waals surface area contributed by atoms with Crippen LogP contribution in [-0.4, -0.2) is 15.4 Å². The summed E-state index contributed by atoms with van der Waals surface area (Å²) in [5, 5.41) is 0. The average Bonchev–Trinajstić information content (AvgIpc) is 2.44. The van der Waals surface area contributed by atoms with Gasteiger partial charge < -0.3 is 9.47 Å². The number of alkyl halides is 3. The fourth-order valence-electron chi connectivity index (χ4n) is 1.55. The van der Waals surface area contributed by atoms with Gasteiger partial charge in [-0.05, 0) is 24.3 Å². The molecule has 23 heavy (non-hydrogen) atoms. The lowest BCUT2D eigenvalue weighted by Gasteiger charge is -2.12. The molecule has 0 atom stereocenters. The Hall–Kier alpha value is -1.21. The molecule has 0 amide bonds. The SMILES string of the molecule is Fc1ccc(Oc2nc(COCC(Cl)(Cl)Cl)ccc2F)c(F)c1. The molecule has 2 rings (SSSR count). The number of nitrogens with zero attached hydrogens (tertiary/aromatic N) is 1. The minimum absolute atomic E-state index is 0.0730. The van der Waals surface area contributed by atoms with Gasteiger partial charge in [0, 0.05) is 6.07 Å². The highest BCUT2D eigenvalue weighted by Crippen LogP contribution is 2.27. The number of pyridine rings is 1. The van der Waals surface area contributed by atoms with Gasteiger partial charge in [0.15, 0.2) is 17.4 Å². The zero-order valence-electron chi connectivity index (χ0n) is 11.3. The van der Waals surface area contributed by atoms with Crippen LogP contribution in [-0.2, 0) is 11.3 Å². The summed E-state index contributed by atoms with van der Waals surface area (Å²) in [6.07, 6.45) is 0. The van der Waals surface area contributed by atoms with Crippen LogP contribution in [0.3, 0.4) is 0 Å². The van der Waals surface area contributed by atoms with Crippen molar-refractivity contribution in [1.29, 1.82) is 0 Å². The Bertz CT molecular complexity index is 695. The Morgan fingerprint density at radius 2 is 1.74 bits per heavy atom. The molecule has 1 aromatic heterocycles. The molecule has 124 valence electrons. The van der Waals surface area contributed by atoms with Crippen LogP contribution in [0.15, 0.2) is 30.3 Å². The maximum Gasteiger partial charge on any atom is 0.256 e. The van der Waals surface area contributed by atoms with E-state index in [0.29, 0.717) is 6.07 Å². The standard InChI is InChI=1S/C14H9Cl3F3NO2/c15-14(16,17)7-22-6-9-2-3-10(19)13(21-9)23-12-4-1-8(18)5-11(12)20/h1-5H,6-7H2. The van der Waals surface area contributed by atoms with Gasteiger partial charge in [0.25, 0.3) is 5.88 Å². The molecular formula is C14H9Cl3F3NO2. The van der Waals surface area contributed by atoms with Crippen molar-refractivity contribution in [2.24, 2.45) is 0 Å². The van der Waals surface area contributed by atoms with Gasteiger partial charge in [-0.2, -0.15) is 0 Å². The van der Waals surface area contributed by atoms with Crippen LogP contribution in [0.2, 0.25) is 0 Å². The summed E-state index contributed by atoms with van der Waals surface area (Å²) < 4.78 is 48.6. The molecule has 0 aliphatic rings. The second-order valence-electron chi connectivity index (χ2n) is 4.37. The summed E-state index contributed by atoms with van der Waals surface area (Å²) in [7, 11) is 0. The van der Waals surface area contributed by atoms with Gasteiger partial charge in [-0.1, -0.05) is 34.8 Å². The first-order chi connectivity index (χ1) is 10.7. The predicted octanol–water partition coefficient (Wildman–Crippen LogP) is 5.18. The molecule has 2 aromatic rings. The van der Waals surface area contributed by atoms with Gasteiger partial charge in [0.2, 0.25) is 3.79 Å². The third kappa shape index (κ3) is 5.73. The van der Waals surface area contributed by atoms with Crippen molar-refractivity contribution in [1.82, 2.24) is 4.98 Å². The summed E-state index contributed by atoms with van der Waals surface area (Å²) in [4.78, 5) is 3.84. The van der Waals surface area contributed by atoms with Crippen molar-refractivity contribution < 1.29 is 22.6 Å². The van der Waals surface area contributed by atoms with E-state index in [1.807, 2.05) is 0 Å². The van der Waals surface area contributed by atoms with E-state index < -0.39 is 27.1 Å². The number of hydrogen-bond acceptors (Lipinski definition) is 3. The first-order valence-corrected chi connectivity index (χ1v) is 7.31. The van der Waals surface area contributed by atoms with E-state index in [1.54, 1.807) is 0 Å². The van der Waals surface area contributed by atoms with Gasteiger partial charge in [-0.25, -0.2) is 18.2 Å². The van der Waals surface area contributed by atoms with Crippen LogP contribution in [0.1, 0.15) is 5.69 Å². The predicted molar refractivity (Wildman–Crippen MR) is 80.6 cm³/mol. The van der Waals surface area contributed by atoms with Crippen molar-refractivity contribution in [2.45, 2.75) is 10.4 Å². The third-order valence-corrected chi connectivity index (χ3v) is 2.82. The zero-order valence-corrected chi connectivity index (χ0v) is 13.6. The molecule has 0 N–H and O–H groups in total. The maximum atomic E-state index is 13.7. The number of aromatic nitrogens is 1. The lowest BCUT2D eigenvalue weighted by atomic mass is 10.3. The van der Waals surface area contributed by atoms with Gasteiger partial charge in [0.1, 0.15) is 5.82 Å². The summed E-state index contributed by atoms with van der Waals surface area (Å²) in [5.41, 5.74) is 0.276. The van der Waals surface area contributed by atoms with E-state index in [4.69, 9.17) is 44.3 Å². The van der Waals surface area contributed by atoms with E-state index in [2.05, 4.69) is 4.98 Å². The van der Waals surface area contributed by atoms with E-state index in [-0.39, 0.29) is 24.7 Å². The highest BCUT2D eigenvalue weighted by molar-refractivity contribution is 6.67. The van der Waals surface area contributed by atoms with Crippen molar-refractivity contribution in [3.63, 3.8) is 0 Å². The van der Waals surface area contributed by atoms with E-state index >= 15 is 0 Å². The zero-order chi connectivity index (χ0) is 17.0. The topological polar surface area (TPSA) is 31.4 Å². The Kier molecular flexibility index (Phi) is 5.97. The fraction of sp³-hybridized carbons (Fsp3) is 0.214. The number of hydrogen-bond donors (Lipinski definition) is 0. The van der Waals surface area contributed by atoms with Crippen LogP contribution in [0.25, 0.3) is 0 Å². The molecule has 0 aliphatic heterocycles. The molecule has 0 unspecified atom stereocenters. The van der Waals surface area contributed by atoms with E-state index in [1.165, 1.54) is 6.07 Å². The summed E-state index contributed by atoms with van der Waals surface area (Å²) in [5.74, 6) is -3.43. The fourth-order valence-corrected chi connectivity index (χ4v) is 1.78. The molecule has 1 aromatic carbocycles. The Balaban J connectivity index is 2.11. The molecule has 0 aliphatic carbocycles. The molecule has 3 nitrogen and oxygen atoms in total. The largest absolute Gasteiger partial charge is 0.433 e. The van der Waals surface area contributed by atoms with Crippen molar-refractivity contribution in [3.05, 3.63) is 53.5 Å². The van der Waals surface area contributed by atoms with Crippen LogP contribution in [0.4, 0.5) is 13.2 Å². The van der Waals surface area contributed by atoms with Crippen LogP contribution >= 0.6 is 34.8 Å². The number of ether oxygens (including phenoxy) is 2. The summed E-state index contributed by atoms with van der Waals surface area (Å²) in [6, 6.07) is 5.02. The minimum atomic E-state index is -1.59. The molecule has 0 bridgehead atoms. The molecule has 9 heteroatoms. The highest BCUT2D eigenvalue weighted by atomic mass is 35.6. The maximum absolute atomic E-state index is 13.7. The van der Waals surface area contributed by atoms with Crippen molar-refractivity contribution in [3.8, 4) is 11.6 Å². The lowest BCUT2D eigenvalue weighted by Crippen LogP contribution is -2.13. The Labute approximate surface area is 144 Å². The van der Waals surface area contributed by atoms with Gasteiger partial charge in [0.05, 0.1) is 18.9 Å². The molecular weight excluding hydrogens is 378 g/mol. The van der Waals surface area contributed by atoms with E-state index in [9.17, 15) is 13.2 Å². The van der Waals surface area contributed by atoms with Gasteiger partial charge >= 0.3 is 0 Å². The molecule has 1 heterocycles. The monoisotopic (exact) mass is 385 g/mol. The quantitative estimate of drug-likeness (QED) is 0.664. The molecule has 0 saturated heterocycles. The second kappa shape index (κ2) is 7.57. The third-order valence-electron chi connectivity index (χ3n) is 2.49. The average molecular weight is 387 g/mol. The molecule has 0 spiro atoms. The minimum Gasteiger partial charge on any atom is -0.433 e. The summed E-state index contributed by atoms with van der Waals surface area (Å²) >= 11 is 16.6. The Morgan fingerprint density at radius 1 is 1.00 bits per heavy atom. The van der Waals surface area contributed by atoms with Crippen LogP contribution in [0.5, 0.6) is 11.6 Å². The van der Waals surface area contributed by atoms with E-state index in [0.717, 1.165) is 18.2 Å². The first kappa shape index (κ1) is 18.1. The number of rotatable bonds is 5. The first-order valence-electron chi connectivity index (χ1n) is 6.17. The second-order valence-corrected chi connectivity index (χ2v) is 6.89. The number of halogens is 6. The highest BCUT2D eigenvalue weighted by Gasteiger charge is 2.20. The van der Waals surface area contributed by atoms with Crippen molar-refractivity contribution in [2.75, 3.05) is 6.61 Å². The van der Waals surface area contributed by atoms with Gasteiger partial charge in [-0.3, -0.25) is 0 Å². The normalized spacial score (nSPS) is 11.6. The molecule has 0 fully saturated rings. The molecule has 0 saturated carbocycles. The van der Waals surface area contributed by atoms with Gasteiger partial charge in [-0.15, -0.1) is 0 Å². The lowest BCUT2D eigenvalue weighted by molar-refractivity contribution is 0.122.